The molecule has 1 nitrogen and oxygen atoms in total. The third-order valence-electron chi connectivity index (χ3n) is 1.25. The van der Waals surface area contributed by atoms with Crippen molar-refractivity contribution >= 4 is 17.3 Å². The van der Waals surface area contributed by atoms with Gasteiger partial charge >= 0.3 is 0 Å². The Labute approximate surface area is 48.2 Å². The molecule has 0 radical (unpaired) electrons. The highest BCUT2D eigenvalue weighted by Gasteiger charge is 2.13. The average molecular weight is 115 g/mol. The van der Waals surface area contributed by atoms with Crippen molar-refractivity contribution in [2.75, 3.05) is 0 Å². The lowest BCUT2D eigenvalue weighted by Crippen LogP contribution is -2.06. The Kier molecular flexibility index (Phi) is 1.38. The van der Waals surface area contributed by atoms with E-state index in [9.17, 15) is 0 Å². The molecule has 1 rings (SSSR count). The minimum Gasteiger partial charge on any atom is -0.282 e. The molecule has 1 aliphatic rings. The molecule has 0 N–H and O–H groups in total. The van der Waals surface area contributed by atoms with Crippen molar-refractivity contribution < 1.29 is 0 Å². The Morgan fingerprint density at radius 2 is 2.29 bits per heavy atom. The van der Waals surface area contributed by atoms with Crippen molar-refractivity contribution in [1.82, 2.24) is 0 Å². The lowest BCUT2D eigenvalue weighted by molar-refractivity contribution is 0.751. The van der Waals surface area contributed by atoms with Crippen molar-refractivity contribution in [3.8, 4) is 0 Å². The Morgan fingerprint density at radius 3 is 2.43 bits per heavy atom. The van der Waals surface area contributed by atoms with E-state index >= 15 is 0 Å². The number of thioether (sulfide) groups is 1. The van der Waals surface area contributed by atoms with Gasteiger partial charge < -0.3 is 0 Å². The van der Waals surface area contributed by atoms with Gasteiger partial charge in [-0.25, -0.2) is 0 Å². The summed E-state index contributed by atoms with van der Waals surface area (Å²) in [6.45, 7) is 4.34. The molecule has 0 aromatic rings. The minimum atomic E-state index is 0.546. The van der Waals surface area contributed by atoms with Gasteiger partial charge in [-0.1, -0.05) is 6.92 Å². The maximum absolute atomic E-state index is 4.16. The second kappa shape index (κ2) is 1.86. The van der Waals surface area contributed by atoms with Gasteiger partial charge in [-0.05, 0) is 6.92 Å². The van der Waals surface area contributed by atoms with Gasteiger partial charge in [0.05, 0.1) is 11.6 Å². The summed E-state index contributed by atoms with van der Waals surface area (Å²) in [4.78, 5) is 4.16. The summed E-state index contributed by atoms with van der Waals surface area (Å²) in [5, 5.41) is 0.708. The molecule has 40 valence electrons. The summed E-state index contributed by atoms with van der Waals surface area (Å²) < 4.78 is 0. The van der Waals surface area contributed by atoms with Gasteiger partial charge in [-0.15, -0.1) is 11.8 Å². The lowest BCUT2D eigenvalue weighted by Gasteiger charge is -2.02. The van der Waals surface area contributed by atoms with Crippen molar-refractivity contribution in [3.63, 3.8) is 0 Å². The zero-order chi connectivity index (χ0) is 5.28. The largest absolute Gasteiger partial charge is 0.282 e. The minimum absolute atomic E-state index is 0.546. The van der Waals surface area contributed by atoms with Crippen LogP contribution in [0, 0.1) is 0 Å². The average Bonchev–Trinajstić information content (AvgIpc) is 1.91. The van der Waals surface area contributed by atoms with Crippen LogP contribution in [0.4, 0.5) is 0 Å². The zero-order valence-electron chi connectivity index (χ0n) is 4.59. The lowest BCUT2D eigenvalue weighted by atomic mass is 10.3. The molecule has 0 aromatic heterocycles. The SMILES string of the molecule is CC1SC=N[C@H]1C. The molecule has 0 fully saturated rings. The molecule has 2 atom stereocenters. The van der Waals surface area contributed by atoms with E-state index < -0.39 is 0 Å². The van der Waals surface area contributed by atoms with Crippen molar-refractivity contribution in [1.29, 1.82) is 0 Å². The summed E-state index contributed by atoms with van der Waals surface area (Å²) in [5.41, 5.74) is 1.94. The van der Waals surface area contributed by atoms with Crippen LogP contribution in [-0.4, -0.2) is 16.8 Å². The second-order valence-corrected chi connectivity index (χ2v) is 3.06. The monoisotopic (exact) mass is 115 g/mol. The standard InChI is InChI=1S/C5H9NS/c1-4-5(2)7-3-6-4/h3-5H,1-2H3/t4-,5?/m0/s1. The first-order valence-corrected chi connectivity index (χ1v) is 3.42. The van der Waals surface area contributed by atoms with Gasteiger partial charge in [0.25, 0.3) is 0 Å². The molecule has 1 heterocycles. The van der Waals surface area contributed by atoms with Crippen LogP contribution in [0.3, 0.4) is 0 Å². The summed E-state index contributed by atoms with van der Waals surface area (Å²) in [7, 11) is 0. The van der Waals surface area contributed by atoms with E-state index in [4.69, 9.17) is 0 Å². The first kappa shape index (κ1) is 5.16. The van der Waals surface area contributed by atoms with Crippen LogP contribution < -0.4 is 0 Å². The van der Waals surface area contributed by atoms with Crippen LogP contribution >= 0.6 is 11.8 Å². The van der Waals surface area contributed by atoms with Crippen LogP contribution in [0.15, 0.2) is 4.99 Å². The van der Waals surface area contributed by atoms with Crippen LogP contribution in [0.1, 0.15) is 13.8 Å². The van der Waals surface area contributed by atoms with E-state index in [1.807, 2.05) is 17.3 Å². The number of nitrogens with zero attached hydrogens (tertiary/aromatic N) is 1. The number of hydrogen-bond acceptors (Lipinski definition) is 2. The summed E-state index contributed by atoms with van der Waals surface area (Å²) in [6, 6.07) is 0.546. The second-order valence-electron chi connectivity index (χ2n) is 1.84. The van der Waals surface area contributed by atoms with E-state index in [1.165, 1.54) is 0 Å². The van der Waals surface area contributed by atoms with Crippen LogP contribution in [-0.2, 0) is 0 Å². The molecule has 0 aliphatic carbocycles. The fourth-order valence-corrected chi connectivity index (χ4v) is 1.21. The number of aliphatic imine (C=N–C) groups is 1. The Bertz CT molecular complexity index is 90.1. The highest BCUT2D eigenvalue weighted by atomic mass is 32.2. The van der Waals surface area contributed by atoms with E-state index in [0.717, 1.165) is 0 Å². The third kappa shape index (κ3) is 0.969. The van der Waals surface area contributed by atoms with Crippen molar-refractivity contribution in [2.24, 2.45) is 4.99 Å². The highest BCUT2D eigenvalue weighted by molar-refractivity contribution is 8.12. The van der Waals surface area contributed by atoms with Crippen LogP contribution in [0.2, 0.25) is 0 Å². The fraction of sp³-hybridized carbons (Fsp3) is 0.800. The Hall–Kier alpha value is 0.0200. The number of hydrogen-bond donors (Lipinski definition) is 0. The van der Waals surface area contributed by atoms with Crippen LogP contribution in [0.25, 0.3) is 0 Å². The quantitative estimate of drug-likeness (QED) is 0.466. The van der Waals surface area contributed by atoms with Crippen molar-refractivity contribution in [2.45, 2.75) is 25.1 Å². The molecular formula is C5H9NS. The maximum Gasteiger partial charge on any atom is 0.0597 e. The van der Waals surface area contributed by atoms with Gasteiger partial charge in [-0.3, -0.25) is 4.99 Å². The summed E-state index contributed by atoms with van der Waals surface area (Å²) in [6.07, 6.45) is 0. The summed E-state index contributed by atoms with van der Waals surface area (Å²) in [5.74, 6) is 0. The predicted molar refractivity (Wildman–Crippen MR) is 35.0 cm³/mol. The molecular weight excluding hydrogens is 106 g/mol. The third-order valence-corrected chi connectivity index (χ3v) is 2.32. The topological polar surface area (TPSA) is 12.4 Å². The molecule has 0 aromatic carbocycles. The molecule has 0 bridgehead atoms. The Balaban J connectivity index is 2.45. The molecule has 0 saturated heterocycles. The zero-order valence-corrected chi connectivity index (χ0v) is 5.40. The molecule has 0 spiro atoms. The van der Waals surface area contributed by atoms with Gasteiger partial charge in [-0.2, -0.15) is 0 Å². The first-order chi connectivity index (χ1) is 3.30. The van der Waals surface area contributed by atoms with Gasteiger partial charge in [0, 0.05) is 5.25 Å². The van der Waals surface area contributed by atoms with Crippen molar-refractivity contribution in [3.05, 3.63) is 0 Å². The molecule has 1 unspecified atom stereocenters. The normalized spacial score (nSPS) is 39.7. The van der Waals surface area contributed by atoms with E-state index in [2.05, 4.69) is 18.8 Å². The van der Waals surface area contributed by atoms with E-state index in [-0.39, 0.29) is 0 Å². The molecule has 0 amide bonds. The van der Waals surface area contributed by atoms with Gasteiger partial charge in [0.15, 0.2) is 0 Å². The Morgan fingerprint density at radius 1 is 1.57 bits per heavy atom. The maximum atomic E-state index is 4.16. The van der Waals surface area contributed by atoms with E-state index in [1.54, 1.807) is 0 Å². The van der Waals surface area contributed by atoms with Gasteiger partial charge in [0.2, 0.25) is 0 Å². The predicted octanol–water partition coefficient (Wildman–Crippen LogP) is 1.54. The molecule has 2 heteroatoms. The van der Waals surface area contributed by atoms with Crippen LogP contribution in [0.5, 0.6) is 0 Å². The molecule has 7 heavy (non-hydrogen) atoms. The summed E-state index contributed by atoms with van der Waals surface area (Å²) >= 11 is 1.81. The van der Waals surface area contributed by atoms with E-state index in [0.29, 0.717) is 11.3 Å². The molecule has 1 aliphatic heterocycles. The molecule has 0 saturated carbocycles. The number of rotatable bonds is 0. The smallest absolute Gasteiger partial charge is 0.0597 e. The highest BCUT2D eigenvalue weighted by Crippen LogP contribution is 2.19. The first-order valence-electron chi connectivity index (χ1n) is 2.48. The fourth-order valence-electron chi connectivity index (χ4n) is 0.462. The van der Waals surface area contributed by atoms with Gasteiger partial charge in [0.1, 0.15) is 0 Å².